The van der Waals surface area contributed by atoms with Crippen LogP contribution in [-0.4, -0.2) is 31.5 Å². The van der Waals surface area contributed by atoms with Crippen LogP contribution in [-0.2, 0) is 0 Å². The largest absolute Gasteiger partial charge is 0.497 e. The highest BCUT2D eigenvalue weighted by Gasteiger charge is 2.28. The van der Waals surface area contributed by atoms with Crippen LogP contribution in [0.15, 0.2) is 18.2 Å². The van der Waals surface area contributed by atoms with Crippen molar-refractivity contribution in [1.82, 2.24) is 5.32 Å². The molecule has 0 aromatic heterocycles. The quantitative estimate of drug-likeness (QED) is 0.845. The van der Waals surface area contributed by atoms with Crippen LogP contribution in [0.25, 0.3) is 0 Å². The maximum Gasteiger partial charge on any atom is 0.441 e. The molecule has 1 unspecified atom stereocenters. The molecule has 1 aliphatic rings. The van der Waals surface area contributed by atoms with Gasteiger partial charge in [-0.2, -0.15) is 13.2 Å². The summed E-state index contributed by atoms with van der Waals surface area (Å²) in [5.41, 5.74) is -3.23. The fourth-order valence-corrected chi connectivity index (χ4v) is 2.56. The molecule has 2 rings (SSSR count). The van der Waals surface area contributed by atoms with E-state index in [1.54, 1.807) is 13.2 Å². The summed E-state index contributed by atoms with van der Waals surface area (Å²) in [4.78, 5) is 0. The number of methoxy groups -OCH3 is 1. The van der Waals surface area contributed by atoms with Gasteiger partial charge in [-0.3, -0.25) is 0 Å². The number of benzene rings is 1. The monoisotopic (exact) mass is 307 g/mol. The van der Waals surface area contributed by atoms with Gasteiger partial charge in [-0.1, -0.05) is 0 Å². The van der Waals surface area contributed by atoms with Crippen molar-refractivity contribution in [2.45, 2.75) is 18.0 Å². The summed E-state index contributed by atoms with van der Waals surface area (Å²) in [5.74, 6) is 1.48. The lowest BCUT2D eigenvalue weighted by atomic mass is 10.0. The van der Waals surface area contributed by atoms with Crippen molar-refractivity contribution < 1.29 is 22.6 Å². The van der Waals surface area contributed by atoms with E-state index in [2.05, 4.69) is 5.32 Å². The Labute approximate surface area is 119 Å². The predicted molar refractivity (Wildman–Crippen MR) is 72.4 cm³/mol. The van der Waals surface area contributed by atoms with Crippen molar-refractivity contribution >= 4 is 11.8 Å². The first-order valence-electron chi connectivity index (χ1n) is 6.24. The molecule has 1 aromatic carbocycles. The lowest BCUT2D eigenvalue weighted by Gasteiger charge is -2.27. The number of halogens is 3. The second-order valence-electron chi connectivity index (χ2n) is 4.34. The fourth-order valence-electron chi connectivity index (χ4n) is 2.11. The van der Waals surface area contributed by atoms with Crippen LogP contribution < -0.4 is 14.8 Å². The van der Waals surface area contributed by atoms with Crippen molar-refractivity contribution in [2.75, 3.05) is 26.0 Å². The van der Waals surface area contributed by atoms with E-state index in [-0.39, 0.29) is 23.6 Å². The summed E-state index contributed by atoms with van der Waals surface area (Å²) < 4.78 is 46.9. The Kier molecular flexibility index (Phi) is 5.04. The van der Waals surface area contributed by atoms with Gasteiger partial charge in [-0.05, 0) is 30.0 Å². The van der Waals surface area contributed by atoms with E-state index < -0.39 is 5.51 Å². The maximum atomic E-state index is 12.1. The molecule has 1 atom stereocenters. The van der Waals surface area contributed by atoms with E-state index in [1.165, 1.54) is 0 Å². The number of nitrogens with one attached hydrogen (secondary N) is 1. The molecular weight excluding hydrogens is 291 g/mol. The Morgan fingerprint density at radius 2 is 2.25 bits per heavy atom. The first-order chi connectivity index (χ1) is 9.49. The van der Waals surface area contributed by atoms with E-state index in [1.807, 2.05) is 12.1 Å². The highest BCUT2D eigenvalue weighted by Crippen LogP contribution is 2.35. The van der Waals surface area contributed by atoms with Gasteiger partial charge in [-0.15, -0.1) is 0 Å². The van der Waals surface area contributed by atoms with Crippen LogP contribution in [0.4, 0.5) is 13.2 Å². The Balaban J connectivity index is 1.94. The molecule has 0 saturated heterocycles. The van der Waals surface area contributed by atoms with Gasteiger partial charge in [0.2, 0.25) is 0 Å². The van der Waals surface area contributed by atoms with Gasteiger partial charge in [0, 0.05) is 30.3 Å². The topological polar surface area (TPSA) is 30.5 Å². The van der Waals surface area contributed by atoms with Gasteiger partial charge < -0.3 is 14.8 Å². The van der Waals surface area contributed by atoms with Crippen LogP contribution in [0.2, 0.25) is 0 Å². The molecule has 20 heavy (non-hydrogen) atoms. The van der Waals surface area contributed by atoms with Crippen molar-refractivity contribution in [1.29, 1.82) is 0 Å². The maximum absolute atomic E-state index is 12.1. The molecule has 0 bridgehead atoms. The van der Waals surface area contributed by atoms with Crippen LogP contribution in [0.5, 0.6) is 11.5 Å². The van der Waals surface area contributed by atoms with Crippen molar-refractivity contribution in [3.63, 3.8) is 0 Å². The molecule has 3 nitrogen and oxygen atoms in total. The van der Waals surface area contributed by atoms with Crippen molar-refractivity contribution in [3.05, 3.63) is 23.8 Å². The SMILES string of the molecule is COc1ccc2c(c1)C(NCCSC(F)(F)F)CCO2. The second kappa shape index (κ2) is 6.58. The molecule has 0 spiro atoms. The normalized spacial score (nSPS) is 18.3. The van der Waals surface area contributed by atoms with Crippen LogP contribution in [0.1, 0.15) is 18.0 Å². The van der Waals surface area contributed by atoms with E-state index in [4.69, 9.17) is 9.47 Å². The predicted octanol–water partition coefficient (Wildman–Crippen LogP) is 3.36. The molecule has 1 aromatic rings. The first kappa shape index (κ1) is 15.3. The zero-order valence-corrected chi connectivity index (χ0v) is 11.8. The number of alkyl halides is 3. The summed E-state index contributed by atoms with van der Waals surface area (Å²) in [6, 6.07) is 5.50. The van der Waals surface area contributed by atoms with Crippen LogP contribution >= 0.6 is 11.8 Å². The lowest BCUT2D eigenvalue weighted by Crippen LogP contribution is -2.29. The summed E-state index contributed by atoms with van der Waals surface area (Å²) in [6.45, 7) is 0.856. The van der Waals surface area contributed by atoms with Gasteiger partial charge in [-0.25, -0.2) is 0 Å². The molecule has 1 heterocycles. The molecule has 7 heteroatoms. The van der Waals surface area contributed by atoms with Crippen LogP contribution in [0, 0.1) is 0 Å². The molecule has 1 aliphatic heterocycles. The second-order valence-corrected chi connectivity index (χ2v) is 5.50. The molecule has 0 aliphatic carbocycles. The minimum absolute atomic E-state index is 0.000158. The number of rotatable bonds is 5. The minimum Gasteiger partial charge on any atom is -0.497 e. The third kappa shape index (κ3) is 4.21. The Morgan fingerprint density at radius 3 is 2.95 bits per heavy atom. The Hall–Kier alpha value is -1.08. The van der Waals surface area contributed by atoms with Crippen molar-refractivity contribution in [3.8, 4) is 11.5 Å². The molecule has 0 saturated carbocycles. The highest BCUT2D eigenvalue weighted by molar-refractivity contribution is 8.00. The third-order valence-corrected chi connectivity index (χ3v) is 3.75. The number of hydrogen-bond donors (Lipinski definition) is 1. The Morgan fingerprint density at radius 1 is 1.45 bits per heavy atom. The summed E-state index contributed by atoms with van der Waals surface area (Å²) in [6.07, 6.45) is 0.733. The van der Waals surface area contributed by atoms with E-state index in [0.717, 1.165) is 17.7 Å². The zero-order chi connectivity index (χ0) is 14.6. The molecule has 1 N–H and O–H groups in total. The zero-order valence-electron chi connectivity index (χ0n) is 11.0. The minimum atomic E-state index is -4.17. The molecule has 112 valence electrons. The molecule has 0 radical (unpaired) electrons. The third-order valence-electron chi connectivity index (χ3n) is 3.01. The smallest absolute Gasteiger partial charge is 0.441 e. The standard InChI is InChI=1S/C13H16F3NO2S/c1-18-9-2-3-12-10(8-9)11(4-6-19-12)17-5-7-20-13(14,15)16/h2-3,8,11,17H,4-7H2,1H3. The van der Waals surface area contributed by atoms with Gasteiger partial charge in [0.15, 0.2) is 0 Å². The van der Waals surface area contributed by atoms with Crippen molar-refractivity contribution in [2.24, 2.45) is 0 Å². The lowest BCUT2D eigenvalue weighted by molar-refractivity contribution is -0.0327. The van der Waals surface area contributed by atoms with Gasteiger partial charge in [0.25, 0.3) is 0 Å². The number of thioether (sulfide) groups is 1. The van der Waals surface area contributed by atoms with Gasteiger partial charge >= 0.3 is 5.51 Å². The number of fused-ring (bicyclic) bond motifs is 1. The molecule has 0 amide bonds. The summed E-state index contributed by atoms with van der Waals surface area (Å²) in [7, 11) is 1.58. The van der Waals surface area contributed by atoms with E-state index >= 15 is 0 Å². The Bertz CT molecular complexity index is 454. The van der Waals surface area contributed by atoms with Gasteiger partial charge in [0.1, 0.15) is 11.5 Å². The fraction of sp³-hybridized carbons (Fsp3) is 0.538. The van der Waals surface area contributed by atoms with Crippen LogP contribution in [0.3, 0.4) is 0 Å². The molecule has 0 fully saturated rings. The summed E-state index contributed by atoms with van der Waals surface area (Å²) in [5, 5.41) is 3.15. The average molecular weight is 307 g/mol. The number of ether oxygens (including phenoxy) is 2. The van der Waals surface area contributed by atoms with Gasteiger partial charge in [0.05, 0.1) is 13.7 Å². The first-order valence-corrected chi connectivity index (χ1v) is 7.23. The number of hydrogen-bond acceptors (Lipinski definition) is 4. The van der Waals surface area contributed by atoms with E-state index in [0.29, 0.717) is 18.9 Å². The van der Waals surface area contributed by atoms with E-state index in [9.17, 15) is 13.2 Å². The average Bonchev–Trinajstić information content (AvgIpc) is 2.42. The highest BCUT2D eigenvalue weighted by atomic mass is 32.2. The summed E-state index contributed by atoms with van der Waals surface area (Å²) >= 11 is -0.00734. The molecular formula is C13H16F3NO2S.